The van der Waals surface area contributed by atoms with Crippen molar-refractivity contribution in [3.05, 3.63) is 92.1 Å². The molecule has 4 rings (SSSR count). The number of aromatic nitrogens is 2. The van der Waals surface area contributed by atoms with Crippen LogP contribution in [0.4, 0.5) is 27.8 Å². The van der Waals surface area contributed by atoms with E-state index in [1.54, 1.807) is 4.98 Å². The van der Waals surface area contributed by atoms with Gasteiger partial charge >= 0.3 is 11.9 Å². The van der Waals surface area contributed by atoms with Crippen molar-refractivity contribution in [2.45, 2.75) is 11.7 Å². The molecule has 3 N–H and O–H groups in total. The lowest BCUT2D eigenvalue weighted by molar-refractivity contribution is -0.196. The number of anilines is 1. The molecule has 0 saturated heterocycles. The first-order chi connectivity index (χ1) is 15.5. The number of halogens is 5. The normalized spacial score (nSPS) is 17.4. The summed E-state index contributed by atoms with van der Waals surface area (Å²) in [6.45, 7) is 0. The van der Waals surface area contributed by atoms with Gasteiger partial charge in [0.05, 0.1) is 5.69 Å². The Hall–Kier alpha value is -4.29. The van der Waals surface area contributed by atoms with Crippen LogP contribution in [0.5, 0.6) is 0 Å². The molecule has 8 nitrogen and oxygen atoms in total. The molecule has 13 heteroatoms. The predicted octanol–water partition coefficient (Wildman–Crippen LogP) is 1.94. The van der Waals surface area contributed by atoms with E-state index in [4.69, 9.17) is 0 Å². The fourth-order valence-corrected chi connectivity index (χ4v) is 3.46. The maximum atomic E-state index is 14.3. The van der Waals surface area contributed by atoms with Gasteiger partial charge in [-0.2, -0.15) is 13.2 Å². The number of hydrogen-bond donors (Lipinski definition) is 3. The molecule has 33 heavy (non-hydrogen) atoms. The minimum absolute atomic E-state index is 0.169. The number of nitrogens with zero attached hydrogens (tertiary/aromatic N) is 1. The van der Waals surface area contributed by atoms with Gasteiger partial charge in [-0.25, -0.2) is 18.1 Å². The fraction of sp³-hybridized carbons (Fsp3) is 0.100. The SMILES string of the molecule is O=C(N[C@@]1(C(F)(F)F)C(=O)Nc2c1c(=O)[nH]c(=O)n2-c1ccc(F)cc1)c1ccc(F)cc1. The lowest BCUT2D eigenvalue weighted by Gasteiger charge is -2.30. The summed E-state index contributed by atoms with van der Waals surface area (Å²) in [5.41, 5.74) is -8.56. The molecule has 2 heterocycles. The van der Waals surface area contributed by atoms with E-state index in [2.05, 4.69) is 0 Å². The van der Waals surface area contributed by atoms with Crippen molar-refractivity contribution in [3.63, 3.8) is 0 Å². The van der Waals surface area contributed by atoms with Crippen LogP contribution in [0.25, 0.3) is 5.69 Å². The van der Waals surface area contributed by atoms with Crippen molar-refractivity contribution in [1.82, 2.24) is 14.9 Å². The number of H-pyrrole nitrogens is 1. The molecule has 3 aromatic rings. The second kappa shape index (κ2) is 7.39. The van der Waals surface area contributed by atoms with E-state index >= 15 is 0 Å². The van der Waals surface area contributed by atoms with Crippen molar-refractivity contribution in [3.8, 4) is 5.69 Å². The molecule has 2 aromatic carbocycles. The summed E-state index contributed by atoms with van der Waals surface area (Å²) >= 11 is 0. The minimum atomic E-state index is -5.55. The first-order valence-electron chi connectivity index (χ1n) is 9.07. The summed E-state index contributed by atoms with van der Waals surface area (Å²) in [5.74, 6) is -5.62. The largest absolute Gasteiger partial charge is 0.425 e. The third kappa shape index (κ3) is 3.37. The maximum Gasteiger partial charge on any atom is 0.425 e. The van der Waals surface area contributed by atoms with Gasteiger partial charge in [0.25, 0.3) is 22.9 Å². The Kier molecular flexibility index (Phi) is 4.91. The second-order valence-corrected chi connectivity index (χ2v) is 6.96. The van der Waals surface area contributed by atoms with Crippen LogP contribution in [0.3, 0.4) is 0 Å². The van der Waals surface area contributed by atoms with Crippen LogP contribution in [-0.4, -0.2) is 27.5 Å². The fourth-order valence-electron chi connectivity index (χ4n) is 3.46. The van der Waals surface area contributed by atoms with Gasteiger partial charge in [0, 0.05) is 5.56 Å². The van der Waals surface area contributed by atoms with E-state index in [1.807, 2.05) is 5.32 Å². The molecule has 0 fully saturated rings. The Bertz CT molecular complexity index is 1390. The van der Waals surface area contributed by atoms with Gasteiger partial charge in [-0.3, -0.25) is 19.4 Å². The van der Waals surface area contributed by atoms with Crippen LogP contribution in [0.1, 0.15) is 15.9 Å². The highest BCUT2D eigenvalue weighted by Crippen LogP contribution is 2.45. The third-order valence-electron chi connectivity index (χ3n) is 4.98. The van der Waals surface area contributed by atoms with Gasteiger partial charge in [-0.15, -0.1) is 0 Å². The Balaban J connectivity index is 1.96. The monoisotopic (exact) mass is 466 g/mol. The number of alkyl halides is 3. The van der Waals surface area contributed by atoms with E-state index in [0.29, 0.717) is 4.57 Å². The number of carbonyl (C=O) groups is 2. The van der Waals surface area contributed by atoms with Crippen LogP contribution < -0.4 is 21.9 Å². The van der Waals surface area contributed by atoms with Gasteiger partial charge in [-0.05, 0) is 48.5 Å². The van der Waals surface area contributed by atoms with Gasteiger partial charge in [-0.1, -0.05) is 0 Å². The van der Waals surface area contributed by atoms with E-state index in [1.165, 1.54) is 5.32 Å². The zero-order valence-corrected chi connectivity index (χ0v) is 16.1. The summed E-state index contributed by atoms with van der Waals surface area (Å²) in [5, 5.41) is 3.37. The Labute approximate surface area is 179 Å². The highest BCUT2D eigenvalue weighted by Gasteiger charge is 2.68. The Morgan fingerprint density at radius 3 is 2.00 bits per heavy atom. The molecular formula is C20H11F5N4O4. The van der Waals surface area contributed by atoms with E-state index in [9.17, 15) is 41.1 Å². The second-order valence-electron chi connectivity index (χ2n) is 6.96. The summed E-state index contributed by atoms with van der Waals surface area (Å²) in [6, 6.07) is 7.27. The molecular weight excluding hydrogens is 455 g/mol. The van der Waals surface area contributed by atoms with Gasteiger partial charge in [0.2, 0.25) is 0 Å². The Morgan fingerprint density at radius 2 is 1.45 bits per heavy atom. The average Bonchev–Trinajstić information content (AvgIpc) is 3.03. The molecule has 1 aliphatic rings. The third-order valence-corrected chi connectivity index (χ3v) is 4.98. The van der Waals surface area contributed by atoms with Crippen LogP contribution >= 0.6 is 0 Å². The zero-order chi connectivity index (χ0) is 24.1. The molecule has 1 aromatic heterocycles. The topological polar surface area (TPSA) is 113 Å². The van der Waals surface area contributed by atoms with E-state index in [-0.39, 0.29) is 5.69 Å². The Morgan fingerprint density at radius 1 is 0.909 bits per heavy atom. The molecule has 170 valence electrons. The van der Waals surface area contributed by atoms with Crippen LogP contribution in [-0.2, 0) is 10.3 Å². The summed E-state index contributed by atoms with van der Waals surface area (Å²) < 4.78 is 69.9. The van der Waals surface area contributed by atoms with Crippen molar-refractivity contribution < 1.29 is 31.5 Å². The predicted molar refractivity (Wildman–Crippen MR) is 103 cm³/mol. The molecule has 1 atom stereocenters. The number of nitrogens with one attached hydrogen (secondary N) is 3. The quantitative estimate of drug-likeness (QED) is 0.512. The molecule has 0 unspecified atom stereocenters. The van der Waals surface area contributed by atoms with Crippen molar-refractivity contribution in [2.24, 2.45) is 0 Å². The lowest BCUT2D eigenvalue weighted by Crippen LogP contribution is -2.62. The molecule has 0 aliphatic carbocycles. The number of hydrogen-bond acceptors (Lipinski definition) is 4. The average molecular weight is 466 g/mol. The summed E-state index contributed by atoms with van der Waals surface area (Å²) in [4.78, 5) is 51.8. The van der Waals surface area contributed by atoms with Crippen molar-refractivity contribution in [2.75, 3.05) is 5.32 Å². The lowest BCUT2D eigenvalue weighted by atomic mass is 9.91. The van der Waals surface area contributed by atoms with Gasteiger partial charge < -0.3 is 10.6 Å². The molecule has 0 spiro atoms. The summed E-state index contributed by atoms with van der Waals surface area (Å²) in [7, 11) is 0. The highest BCUT2D eigenvalue weighted by atomic mass is 19.4. The molecule has 0 radical (unpaired) electrons. The zero-order valence-electron chi connectivity index (χ0n) is 16.1. The highest BCUT2D eigenvalue weighted by molar-refractivity contribution is 6.09. The van der Waals surface area contributed by atoms with E-state index in [0.717, 1.165) is 48.5 Å². The molecule has 0 saturated carbocycles. The van der Waals surface area contributed by atoms with Crippen LogP contribution in [0.15, 0.2) is 58.1 Å². The summed E-state index contributed by atoms with van der Waals surface area (Å²) in [6.07, 6.45) is -5.55. The van der Waals surface area contributed by atoms with Crippen molar-refractivity contribution in [1.29, 1.82) is 0 Å². The molecule has 2 amide bonds. The number of carbonyl (C=O) groups excluding carboxylic acids is 2. The number of benzene rings is 2. The van der Waals surface area contributed by atoms with Gasteiger partial charge in [0.15, 0.2) is 0 Å². The van der Waals surface area contributed by atoms with Crippen LogP contribution in [0.2, 0.25) is 0 Å². The van der Waals surface area contributed by atoms with Crippen molar-refractivity contribution >= 4 is 17.6 Å². The number of amides is 2. The smallest absolute Gasteiger partial charge is 0.326 e. The molecule has 0 bridgehead atoms. The minimum Gasteiger partial charge on any atom is -0.326 e. The standard InChI is InChI=1S/C20H11F5N4O4/c21-10-3-1-9(2-4-10)15(30)28-19(20(23,24)25)13-14(26-17(19)32)29(18(33)27-16(13)31)12-7-5-11(22)6-8-12/h1-8H,(H,26,32)(H,28,30)(H,27,31,33)/t19-/m1/s1. The first kappa shape index (κ1) is 21.9. The van der Waals surface area contributed by atoms with Gasteiger partial charge in [0.1, 0.15) is 23.0 Å². The number of rotatable bonds is 3. The number of fused-ring (bicyclic) bond motifs is 1. The number of aromatic amines is 1. The van der Waals surface area contributed by atoms with E-state index < -0.39 is 63.4 Å². The maximum absolute atomic E-state index is 14.3. The first-order valence-corrected chi connectivity index (χ1v) is 9.07. The van der Waals surface area contributed by atoms with Crippen LogP contribution in [0, 0.1) is 11.6 Å². The molecule has 1 aliphatic heterocycles.